The van der Waals surface area contributed by atoms with Gasteiger partial charge in [0, 0.05) is 13.3 Å². The van der Waals surface area contributed by atoms with Crippen molar-refractivity contribution >= 4 is 12.1 Å². The number of carbonyl (C=O) groups is 1. The molecule has 0 saturated carbocycles. The van der Waals surface area contributed by atoms with E-state index >= 15 is 0 Å². The van der Waals surface area contributed by atoms with Gasteiger partial charge in [-0.25, -0.2) is 4.79 Å². The second-order valence-corrected chi connectivity index (χ2v) is 4.33. The summed E-state index contributed by atoms with van der Waals surface area (Å²) >= 11 is 0. The highest BCUT2D eigenvalue weighted by Crippen LogP contribution is 2.30. The van der Waals surface area contributed by atoms with E-state index in [2.05, 4.69) is 4.98 Å². The van der Waals surface area contributed by atoms with Crippen molar-refractivity contribution in [2.45, 2.75) is 24.5 Å². The molecule has 1 aromatic heterocycles. The van der Waals surface area contributed by atoms with Crippen LogP contribution < -0.4 is 11.4 Å². The summed E-state index contributed by atoms with van der Waals surface area (Å²) in [6, 6.07) is 0. The summed E-state index contributed by atoms with van der Waals surface area (Å²) in [4.78, 5) is 26.2. The first-order valence-electron chi connectivity index (χ1n) is 5.84. The average Bonchev–Trinajstić information content (AvgIpc) is 2.75. The number of aromatic nitrogens is 2. The third-order valence-electron chi connectivity index (χ3n) is 3.18. The highest BCUT2D eigenvalue weighted by molar-refractivity contribution is 5.80. The Morgan fingerprint density at radius 1 is 1.65 bits per heavy atom. The first kappa shape index (κ1) is 14.6. The van der Waals surface area contributed by atoms with Gasteiger partial charge < -0.3 is 25.4 Å². The number of nitrogen functional groups attached to an aromatic ring is 1. The lowest BCUT2D eigenvalue weighted by molar-refractivity contribution is -0.0624. The van der Waals surface area contributed by atoms with E-state index in [0.29, 0.717) is 6.29 Å². The van der Waals surface area contributed by atoms with Gasteiger partial charge in [0.2, 0.25) is 0 Å². The molecule has 0 spiro atoms. The second kappa shape index (κ2) is 5.67. The standard InChI is InChI=1S/C11H15N3O6/c1-19-8-7(17)6(4-16)20-10(8)14-2-5(3-15)9(12)13-11(14)18/h2-3,6-8,10,16-17H,4H2,1H3,(H2,12,13,18)/t6-,7-,8-,10+/m1/s1. The van der Waals surface area contributed by atoms with Gasteiger partial charge in [-0.3, -0.25) is 9.36 Å². The lowest BCUT2D eigenvalue weighted by Gasteiger charge is -2.20. The summed E-state index contributed by atoms with van der Waals surface area (Å²) in [5.74, 6) is -0.188. The predicted molar refractivity (Wildman–Crippen MR) is 66.1 cm³/mol. The van der Waals surface area contributed by atoms with Crippen LogP contribution >= 0.6 is 0 Å². The highest BCUT2D eigenvalue weighted by atomic mass is 16.6. The summed E-state index contributed by atoms with van der Waals surface area (Å²) in [5.41, 5.74) is 4.70. The molecule has 1 saturated heterocycles. The summed E-state index contributed by atoms with van der Waals surface area (Å²) < 4.78 is 11.5. The van der Waals surface area contributed by atoms with Crippen molar-refractivity contribution in [3.8, 4) is 0 Å². The van der Waals surface area contributed by atoms with Crippen LogP contribution in [0.2, 0.25) is 0 Å². The summed E-state index contributed by atoms with van der Waals surface area (Å²) in [6.07, 6.45) is -2.26. The zero-order valence-corrected chi connectivity index (χ0v) is 10.7. The van der Waals surface area contributed by atoms with Gasteiger partial charge in [-0.15, -0.1) is 0 Å². The van der Waals surface area contributed by atoms with Crippen molar-refractivity contribution in [2.75, 3.05) is 19.5 Å². The van der Waals surface area contributed by atoms with E-state index < -0.39 is 36.8 Å². The lowest BCUT2D eigenvalue weighted by Crippen LogP contribution is -2.37. The number of hydrogen-bond acceptors (Lipinski definition) is 8. The molecule has 1 aliphatic rings. The van der Waals surface area contributed by atoms with Crippen LogP contribution in [0.1, 0.15) is 16.6 Å². The van der Waals surface area contributed by atoms with Crippen molar-refractivity contribution < 1.29 is 24.5 Å². The highest BCUT2D eigenvalue weighted by Gasteiger charge is 2.45. The Hall–Kier alpha value is -1.81. The number of hydrogen-bond donors (Lipinski definition) is 3. The first-order chi connectivity index (χ1) is 9.53. The Labute approximate surface area is 113 Å². The average molecular weight is 285 g/mol. The van der Waals surface area contributed by atoms with Crippen molar-refractivity contribution in [1.29, 1.82) is 0 Å². The number of aliphatic hydroxyl groups excluding tert-OH is 2. The molecule has 110 valence electrons. The van der Waals surface area contributed by atoms with Crippen LogP contribution in [0, 0.1) is 0 Å². The molecule has 9 heteroatoms. The van der Waals surface area contributed by atoms with E-state index in [0.717, 1.165) is 4.57 Å². The molecule has 0 bridgehead atoms. The third kappa shape index (κ3) is 2.31. The van der Waals surface area contributed by atoms with Gasteiger partial charge in [0.15, 0.2) is 12.5 Å². The number of nitrogens with two attached hydrogens (primary N) is 1. The van der Waals surface area contributed by atoms with Gasteiger partial charge in [-0.1, -0.05) is 0 Å². The molecule has 2 heterocycles. The Balaban J connectivity index is 2.45. The quantitative estimate of drug-likeness (QED) is 0.535. The Kier molecular flexibility index (Phi) is 4.14. The molecule has 0 radical (unpaired) electrons. The number of methoxy groups -OCH3 is 1. The zero-order valence-electron chi connectivity index (χ0n) is 10.7. The molecule has 0 aromatic carbocycles. The number of nitrogens with zero attached hydrogens (tertiary/aromatic N) is 2. The maximum absolute atomic E-state index is 11.8. The minimum absolute atomic E-state index is 0.0185. The Morgan fingerprint density at radius 3 is 2.90 bits per heavy atom. The summed E-state index contributed by atoms with van der Waals surface area (Å²) in [6.45, 7) is -0.435. The molecular formula is C11H15N3O6. The van der Waals surface area contributed by atoms with Gasteiger partial charge in [-0.2, -0.15) is 4.98 Å². The molecule has 1 aliphatic heterocycles. The van der Waals surface area contributed by atoms with E-state index in [1.807, 2.05) is 0 Å². The predicted octanol–water partition coefficient (Wildman–Crippen LogP) is -2.10. The van der Waals surface area contributed by atoms with E-state index in [-0.39, 0.29) is 11.4 Å². The van der Waals surface area contributed by atoms with Crippen LogP contribution in [-0.2, 0) is 9.47 Å². The monoisotopic (exact) mass is 285 g/mol. The van der Waals surface area contributed by atoms with E-state index in [4.69, 9.17) is 20.3 Å². The molecule has 0 unspecified atom stereocenters. The third-order valence-corrected chi connectivity index (χ3v) is 3.18. The molecule has 20 heavy (non-hydrogen) atoms. The van der Waals surface area contributed by atoms with Crippen LogP contribution in [0.3, 0.4) is 0 Å². The van der Waals surface area contributed by atoms with Crippen LogP contribution in [0.5, 0.6) is 0 Å². The van der Waals surface area contributed by atoms with Crippen LogP contribution in [-0.4, -0.2) is 58.1 Å². The molecule has 0 amide bonds. The molecule has 1 aromatic rings. The number of aldehydes is 1. The van der Waals surface area contributed by atoms with E-state index in [1.54, 1.807) is 0 Å². The zero-order chi connectivity index (χ0) is 14.9. The topological polar surface area (TPSA) is 137 Å². The first-order valence-corrected chi connectivity index (χ1v) is 5.84. The van der Waals surface area contributed by atoms with E-state index in [1.165, 1.54) is 13.3 Å². The maximum atomic E-state index is 11.8. The smallest absolute Gasteiger partial charge is 0.351 e. The fraction of sp³-hybridized carbons (Fsp3) is 0.545. The van der Waals surface area contributed by atoms with Crippen molar-refractivity contribution in [3.63, 3.8) is 0 Å². The normalized spacial score (nSPS) is 29.6. The Bertz CT molecular complexity index is 560. The molecule has 4 N–H and O–H groups in total. The number of ether oxygens (including phenoxy) is 2. The minimum Gasteiger partial charge on any atom is -0.394 e. The molecule has 0 aliphatic carbocycles. The SMILES string of the molecule is CO[C@@H]1[C@H](O)[C@@H](CO)O[C@@H]1n1cc(C=O)c(N)nc1=O. The number of anilines is 1. The van der Waals surface area contributed by atoms with Gasteiger partial charge >= 0.3 is 5.69 Å². The Morgan fingerprint density at radius 2 is 2.35 bits per heavy atom. The minimum atomic E-state index is -1.11. The lowest BCUT2D eigenvalue weighted by atomic mass is 10.1. The number of carbonyl (C=O) groups excluding carboxylic acids is 1. The fourth-order valence-electron chi connectivity index (χ4n) is 2.12. The van der Waals surface area contributed by atoms with Crippen LogP contribution in [0.4, 0.5) is 5.82 Å². The summed E-state index contributed by atoms with van der Waals surface area (Å²) in [7, 11) is 1.33. The van der Waals surface area contributed by atoms with Crippen LogP contribution in [0.15, 0.2) is 11.0 Å². The van der Waals surface area contributed by atoms with Crippen molar-refractivity contribution in [2.24, 2.45) is 0 Å². The van der Waals surface area contributed by atoms with Crippen LogP contribution in [0.25, 0.3) is 0 Å². The molecular weight excluding hydrogens is 270 g/mol. The van der Waals surface area contributed by atoms with Crippen molar-refractivity contribution in [3.05, 3.63) is 22.2 Å². The second-order valence-electron chi connectivity index (χ2n) is 4.33. The van der Waals surface area contributed by atoms with Gasteiger partial charge in [-0.05, 0) is 0 Å². The number of aliphatic hydroxyl groups is 2. The molecule has 4 atom stereocenters. The molecule has 9 nitrogen and oxygen atoms in total. The molecule has 1 fully saturated rings. The van der Waals surface area contributed by atoms with Gasteiger partial charge in [0.1, 0.15) is 24.1 Å². The van der Waals surface area contributed by atoms with Crippen molar-refractivity contribution in [1.82, 2.24) is 9.55 Å². The van der Waals surface area contributed by atoms with Gasteiger partial charge in [0.05, 0.1) is 12.2 Å². The number of rotatable bonds is 4. The maximum Gasteiger partial charge on any atom is 0.351 e. The fourth-order valence-corrected chi connectivity index (χ4v) is 2.12. The van der Waals surface area contributed by atoms with Gasteiger partial charge in [0.25, 0.3) is 0 Å². The molecule has 2 rings (SSSR count). The largest absolute Gasteiger partial charge is 0.394 e. The summed E-state index contributed by atoms with van der Waals surface area (Å²) in [5, 5.41) is 19.0. The van der Waals surface area contributed by atoms with E-state index in [9.17, 15) is 14.7 Å².